The number of nitrogens with zero attached hydrogens (tertiary/aromatic N) is 2. The lowest BCUT2D eigenvalue weighted by atomic mass is 10.2. The van der Waals surface area contributed by atoms with Crippen LogP contribution in [-0.2, 0) is 0 Å². The highest BCUT2D eigenvalue weighted by Gasteiger charge is 2.18. The van der Waals surface area contributed by atoms with Gasteiger partial charge >= 0.3 is 0 Å². The summed E-state index contributed by atoms with van der Waals surface area (Å²) in [6, 6.07) is 13.6. The van der Waals surface area contributed by atoms with Crippen LogP contribution in [0.5, 0.6) is 0 Å². The van der Waals surface area contributed by atoms with Crippen LogP contribution in [0.2, 0.25) is 0 Å². The molecule has 8 heteroatoms. The van der Waals surface area contributed by atoms with Gasteiger partial charge in [-0.05, 0) is 23.8 Å². The SMILES string of the molecule is O=C(Nc1ccc(Br)cc1F)c1cnc2scc(-c3ccccc3)n2c1=O. The summed E-state index contributed by atoms with van der Waals surface area (Å²) >= 11 is 4.46. The van der Waals surface area contributed by atoms with Crippen LogP contribution in [0.15, 0.2) is 69.4 Å². The van der Waals surface area contributed by atoms with E-state index in [0.717, 1.165) is 5.56 Å². The van der Waals surface area contributed by atoms with E-state index < -0.39 is 17.3 Å². The van der Waals surface area contributed by atoms with Crippen LogP contribution < -0.4 is 10.9 Å². The van der Waals surface area contributed by atoms with Gasteiger partial charge in [0.05, 0.1) is 11.4 Å². The first kappa shape index (κ1) is 17.6. The molecule has 134 valence electrons. The number of benzene rings is 2. The zero-order valence-electron chi connectivity index (χ0n) is 13.6. The molecule has 0 bridgehead atoms. The lowest BCUT2D eigenvalue weighted by molar-refractivity contribution is 0.102. The molecule has 0 atom stereocenters. The van der Waals surface area contributed by atoms with Crippen molar-refractivity contribution in [3.63, 3.8) is 0 Å². The Kier molecular flexibility index (Phi) is 4.59. The van der Waals surface area contributed by atoms with E-state index in [9.17, 15) is 14.0 Å². The number of fused-ring (bicyclic) bond motifs is 1. The minimum absolute atomic E-state index is 0.0127. The number of nitrogens with one attached hydrogen (secondary N) is 1. The van der Waals surface area contributed by atoms with Crippen LogP contribution in [-0.4, -0.2) is 15.3 Å². The monoisotopic (exact) mass is 443 g/mol. The van der Waals surface area contributed by atoms with Gasteiger partial charge in [0, 0.05) is 16.0 Å². The number of hydrogen-bond donors (Lipinski definition) is 1. The molecule has 27 heavy (non-hydrogen) atoms. The predicted octanol–water partition coefficient (Wildman–Crippen LogP) is 4.58. The molecule has 2 aromatic carbocycles. The second kappa shape index (κ2) is 7.05. The van der Waals surface area contributed by atoms with Gasteiger partial charge in [0.25, 0.3) is 11.5 Å². The number of hydrogen-bond acceptors (Lipinski definition) is 4. The fraction of sp³-hybridized carbons (Fsp3) is 0. The Morgan fingerprint density at radius 2 is 1.96 bits per heavy atom. The van der Waals surface area contributed by atoms with E-state index in [1.807, 2.05) is 35.7 Å². The van der Waals surface area contributed by atoms with Gasteiger partial charge in [-0.2, -0.15) is 0 Å². The lowest BCUT2D eigenvalue weighted by Crippen LogP contribution is -2.26. The van der Waals surface area contributed by atoms with Crippen molar-refractivity contribution in [1.29, 1.82) is 0 Å². The Labute approximate surface area is 165 Å². The van der Waals surface area contributed by atoms with Crippen molar-refractivity contribution in [3.05, 3.63) is 86.3 Å². The molecule has 0 saturated heterocycles. The van der Waals surface area contributed by atoms with Gasteiger partial charge < -0.3 is 5.32 Å². The minimum atomic E-state index is -0.715. The summed E-state index contributed by atoms with van der Waals surface area (Å²) in [5.41, 5.74) is 0.809. The van der Waals surface area contributed by atoms with Gasteiger partial charge in [0.2, 0.25) is 0 Å². The van der Waals surface area contributed by atoms with Crippen LogP contribution in [0.1, 0.15) is 10.4 Å². The quantitative estimate of drug-likeness (QED) is 0.504. The van der Waals surface area contributed by atoms with Crippen LogP contribution in [0.4, 0.5) is 10.1 Å². The summed E-state index contributed by atoms with van der Waals surface area (Å²) in [6.45, 7) is 0. The molecular weight excluding hydrogens is 433 g/mol. The minimum Gasteiger partial charge on any atom is -0.319 e. The normalized spacial score (nSPS) is 10.9. The van der Waals surface area contributed by atoms with E-state index in [-0.39, 0.29) is 11.3 Å². The number of aromatic nitrogens is 2. The molecule has 2 aromatic heterocycles. The molecular formula is C19H11BrFN3O2S. The van der Waals surface area contributed by atoms with Gasteiger partial charge in [-0.25, -0.2) is 9.37 Å². The Bertz CT molecular complexity index is 1220. The number of anilines is 1. The molecule has 0 aliphatic carbocycles. The van der Waals surface area contributed by atoms with Crippen molar-refractivity contribution >= 4 is 43.8 Å². The molecule has 0 radical (unpaired) electrons. The molecule has 1 N–H and O–H groups in total. The van der Waals surface area contributed by atoms with Crippen molar-refractivity contribution in [2.24, 2.45) is 0 Å². The molecule has 1 amide bonds. The zero-order valence-corrected chi connectivity index (χ0v) is 16.1. The van der Waals surface area contributed by atoms with Gasteiger partial charge in [0.1, 0.15) is 11.4 Å². The first-order chi connectivity index (χ1) is 13.0. The number of thiazole rings is 1. The summed E-state index contributed by atoms with van der Waals surface area (Å²) in [6.07, 6.45) is 1.22. The lowest BCUT2D eigenvalue weighted by Gasteiger charge is -2.07. The van der Waals surface area contributed by atoms with Gasteiger partial charge in [-0.3, -0.25) is 14.0 Å². The number of carbonyl (C=O) groups is 1. The highest BCUT2D eigenvalue weighted by atomic mass is 79.9. The van der Waals surface area contributed by atoms with Crippen LogP contribution in [0.25, 0.3) is 16.2 Å². The largest absolute Gasteiger partial charge is 0.319 e. The molecule has 0 aliphatic rings. The maximum atomic E-state index is 14.0. The van der Waals surface area contributed by atoms with E-state index in [1.54, 1.807) is 6.07 Å². The van der Waals surface area contributed by atoms with Crippen molar-refractivity contribution in [3.8, 4) is 11.3 Å². The summed E-state index contributed by atoms with van der Waals surface area (Å²) in [5, 5.41) is 4.24. The number of rotatable bonds is 3. The standard InChI is InChI=1S/C19H11BrFN3O2S/c20-12-6-7-15(14(21)8-12)23-17(25)13-9-22-19-24(18(13)26)16(10-27-19)11-4-2-1-3-5-11/h1-10H,(H,23,25). The molecule has 0 spiro atoms. The van der Waals surface area contributed by atoms with Gasteiger partial charge in [-0.1, -0.05) is 46.3 Å². The van der Waals surface area contributed by atoms with Crippen LogP contribution in [0.3, 0.4) is 0 Å². The van der Waals surface area contributed by atoms with E-state index in [4.69, 9.17) is 0 Å². The smallest absolute Gasteiger partial charge is 0.271 e. The average Bonchev–Trinajstić information content (AvgIpc) is 3.10. The van der Waals surface area contributed by atoms with E-state index >= 15 is 0 Å². The second-order valence-corrected chi connectivity index (χ2v) is 7.41. The fourth-order valence-corrected chi connectivity index (χ4v) is 3.83. The predicted molar refractivity (Wildman–Crippen MR) is 107 cm³/mol. The van der Waals surface area contributed by atoms with Crippen molar-refractivity contribution in [2.75, 3.05) is 5.32 Å². The molecule has 0 saturated carbocycles. The van der Waals surface area contributed by atoms with Gasteiger partial charge in [-0.15, -0.1) is 11.3 Å². The maximum absolute atomic E-state index is 14.0. The Balaban J connectivity index is 1.77. The first-order valence-corrected chi connectivity index (χ1v) is 9.53. The van der Waals surface area contributed by atoms with Crippen molar-refractivity contribution in [2.45, 2.75) is 0 Å². The third-order valence-corrected chi connectivity index (χ3v) is 5.27. The van der Waals surface area contributed by atoms with Gasteiger partial charge in [0.15, 0.2) is 4.96 Å². The van der Waals surface area contributed by atoms with E-state index in [1.165, 1.54) is 34.1 Å². The van der Waals surface area contributed by atoms with Crippen molar-refractivity contribution < 1.29 is 9.18 Å². The first-order valence-electron chi connectivity index (χ1n) is 7.85. The number of amides is 1. The molecule has 0 aliphatic heterocycles. The van der Waals surface area contributed by atoms with E-state index in [0.29, 0.717) is 15.1 Å². The van der Waals surface area contributed by atoms with Crippen LogP contribution >= 0.6 is 27.3 Å². The fourth-order valence-electron chi connectivity index (χ4n) is 2.64. The Morgan fingerprint density at radius 1 is 1.19 bits per heavy atom. The highest BCUT2D eigenvalue weighted by molar-refractivity contribution is 9.10. The molecule has 4 aromatic rings. The number of carbonyl (C=O) groups excluding carboxylic acids is 1. The molecule has 0 fully saturated rings. The summed E-state index contributed by atoms with van der Waals surface area (Å²) in [4.78, 5) is 30.2. The molecule has 5 nitrogen and oxygen atoms in total. The third kappa shape index (κ3) is 3.29. The van der Waals surface area contributed by atoms with E-state index in [2.05, 4.69) is 26.2 Å². The Morgan fingerprint density at radius 3 is 2.70 bits per heavy atom. The molecule has 0 unspecified atom stereocenters. The average molecular weight is 444 g/mol. The Hall–Kier alpha value is -2.84. The van der Waals surface area contributed by atoms with Crippen LogP contribution in [0, 0.1) is 5.82 Å². The topological polar surface area (TPSA) is 63.5 Å². The number of halogens is 2. The molecule has 4 rings (SSSR count). The van der Waals surface area contributed by atoms with Crippen molar-refractivity contribution in [1.82, 2.24) is 9.38 Å². The zero-order chi connectivity index (χ0) is 19.0. The highest BCUT2D eigenvalue weighted by Crippen LogP contribution is 2.24. The summed E-state index contributed by atoms with van der Waals surface area (Å²) in [5.74, 6) is -1.32. The summed E-state index contributed by atoms with van der Waals surface area (Å²) < 4.78 is 15.9. The summed E-state index contributed by atoms with van der Waals surface area (Å²) in [7, 11) is 0. The molecule has 2 heterocycles. The third-order valence-electron chi connectivity index (χ3n) is 3.94. The maximum Gasteiger partial charge on any atom is 0.271 e. The second-order valence-electron chi connectivity index (χ2n) is 5.66.